The molecule has 0 fully saturated rings. The van der Waals surface area contributed by atoms with Crippen LogP contribution in [0.4, 0.5) is 0 Å². The Labute approximate surface area is 105 Å². The predicted molar refractivity (Wildman–Crippen MR) is 67.3 cm³/mol. The normalized spacial score (nSPS) is 13.3. The van der Waals surface area contributed by atoms with Crippen molar-refractivity contribution in [3.63, 3.8) is 0 Å². The van der Waals surface area contributed by atoms with Crippen LogP contribution in [0, 0.1) is 0 Å². The van der Waals surface area contributed by atoms with Crippen LogP contribution in [-0.4, -0.2) is 38.8 Å². The van der Waals surface area contributed by atoms with Gasteiger partial charge in [-0.25, -0.2) is 0 Å². The smallest absolute Gasteiger partial charge is 0.136 e. The molecule has 16 heavy (non-hydrogen) atoms. The minimum Gasteiger partial charge on any atom is -0.466 e. The monoisotopic (exact) mass is 290 g/mol. The summed E-state index contributed by atoms with van der Waals surface area (Å²) in [4.78, 5) is 2.18. The van der Waals surface area contributed by atoms with Crippen LogP contribution >= 0.6 is 15.9 Å². The van der Waals surface area contributed by atoms with Crippen LogP contribution in [0.1, 0.15) is 18.2 Å². The second kappa shape index (κ2) is 7.06. The van der Waals surface area contributed by atoms with Gasteiger partial charge in [0.1, 0.15) is 5.76 Å². The van der Waals surface area contributed by atoms with Crippen LogP contribution in [-0.2, 0) is 4.74 Å². The molecule has 1 aromatic rings. The summed E-state index contributed by atoms with van der Waals surface area (Å²) in [6, 6.07) is 2.00. The van der Waals surface area contributed by atoms with Crippen LogP contribution in [0.2, 0.25) is 0 Å². The van der Waals surface area contributed by atoms with Crippen molar-refractivity contribution in [1.82, 2.24) is 4.90 Å². The highest BCUT2D eigenvalue weighted by Gasteiger charge is 2.20. The van der Waals surface area contributed by atoms with E-state index >= 15 is 0 Å². The van der Waals surface area contributed by atoms with Crippen molar-refractivity contribution in [2.75, 3.05) is 33.9 Å². The first-order valence-electron chi connectivity index (χ1n) is 5.32. The molecule has 0 amide bonds. The first-order valence-corrected chi connectivity index (χ1v) is 6.12. The van der Waals surface area contributed by atoms with Gasteiger partial charge in [-0.2, -0.15) is 0 Å². The number of ether oxygens (including phenoxy) is 1. The average molecular weight is 291 g/mol. The molecular formula is C11H19BrN2O2. The minimum atomic E-state index is 0.112. The van der Waals surface area contributed by atoms with Gasteiger partial charge in [0.15, 0.2) is 0 Å². The highest BCUT2D eigenvalue weighted by molar-refractivity contribution is 9.10. The zero-order valence-electron chi connectivity index (χ0n) is 9.78. The first kappa shape index (κ1) is 13.7. The lowest BCUT2D eigenvalue weighted by atomic mass is 10.2. The molecule has 1 rings (SSSR count). The Balaban J connectivity index is 2.57. The highest BCUT2D eigenvalue weighted by atomic mass is 79.9. The van der Waals surface area contributed by atoms with Gasteiger partial charge in [-0.3, -0.25) is 4.90 Å². The molecule has 0 radical (unpaired) electrons. The van der Waals surface area contributed by atoms with E-state index in [1.807, 2.05) is 13.1 Å². The summed E-state index contributed by atoms with van der Waals surface area (Å²) in [5.74, 6) is 0.891. The fourth-order valence-corrected chi connectivity index (χ4v) is 2.11. The number of likely N-dealkylation sites (N-methyl/N-ethyl adjacent to an activating group) is 1. The van der Waals surface area contributed by atoms with E-state index < -0.39 is 0 Å². The van der Waals surface area contributed by atoms with Crippen molar-refractivity contribution >= 4 is 15.9 Å². The third-order valence-corrected chi connectivity index (χ3v) is 3.22. The molecule has 2 N–H and O–H groups in total. The number of halogens is 1. The lowest BCUT2D eigenvalue weighted by Crippen LogP contribution is -2.31. The number of furan rings is 1. The number of hydrogen-bond donors (Lipinski definition) is 1. The van der Waals surface area contributed by atoms with E-state index in [0.29, 0.717) is 6.54 Å². The molecule has 0 aliphatic heterocycles. The summed E-state index contributed by atoms with van der Waals surface area (Å²) in [5.41, 5.74) is 5.78. The van der Waals surface area contributed by atoms with Crippen molar-refractivity contribution in [2.24, 2.45) is 5.73 Å². The summed E-state index contributed by atoms with van der Waals surface area (Å²) in [7, 11) is 3.76. The van der Waals surface area contributed by atoms with E-state index in [0.717, 1.165) is 29.8 Å². The topological polar surface area (TPSA) is 51.6 Å². The number of nitrogens with two attached hydrogens (primary N) is 1. The average Bonchev–Trinajstić information content (AvgIpc) is 2.67. The summed E-state index contributed by atoms with van der Waals surface area (Å²) in [6.45, 7) is 2.24. The molecule has 1 heterocycles. The highest BCUT2D eigenvalue weighted by Crippen LogP contribution is 2.27. The molecule has 0 bridgehead atoms. The van der Waals surface area contributed by atoms with Gasteiger partial charge in [-0.1, -0.05) is 0 Å². The van der Waals surface area contributed by atoms with E-state index in [1.165, 1.54) is 0 Å². The van der Waals surface area contributed by atoms with E-state index in [1.54, 1.807) is 13.4 Å². The Hall–Kier alpha value is -0.360. The van der Waals surface area contributed by atoms with Gasteiger partial charge in [0, 0.05) is 26.8 Å². The molecular weight excluding hydrogens is 272 g/mol. The summed E-state index contributed by atoms with van der Waals surface area (Å²) in [5, 5.41) is 0. The molecule has 1 unspecified atom stereocenters. The second-order valence-electron chi connectivity index (χ2n) is 3.71. The quantitative estimate of drug-likeness (QED) is 0.781. The lowest BCUT2D eigenvalue weighted by molar-refractivity contribution is 0.159. The minimum absolute atomic E-state index is 0.112. The molecule has 0 saturated carbocycles. The SMILES string of the molecule is COCCCN(C)C(CN)c1occc1Br. The van der Waals surface area contributed by atoms with Gasteiger partial charge in [0.05, 0.1) is 16.8 Å². The Kier molecular flexibility index (Phi) is 6.05. The second-order valence-corrected chi connectivity index (χ2v) is 4.57. The van der Waals surface area contributed by atoms with Crippen molar-refractivity contribution in [1.29, 1.82) is 0 Å². The van der Waals surface area contributed by atoms with Crippen LogP contribution in [0.15, 0.2) is 21.2 Å². The zero-order valence-corrected chi connectivity index (χ0v) is 11.4. The molecule has 92 valence electrons. The molecule has 1 aromatic heterocycles. The van der Waals surface area contributed by atoms with Crippen LogP contribution in [0.3, 0.4) is 0 Å². The molecule has 0 aromatic carbocycles. The molecule has 0 saturated heterocycles. The maximum Gasteiger partial charge on any atom is 0.136 e. The Morgan fingerprint density at radius 2 is 2.38 bits per heavy atom. The third-order valence-electron chi connectivity index (χ3n) is 2.56. The van der Waals surface area contributed by atoms with Gasteiger partial charge < -0.3 is 14.9 Å². The first-order chi connectivity index (χ1) is 7.70. The fourth-order valence-electron chi connectivity index (χ4n) is 1.64. The summed E-state index contributed by atoms with van der Waals surface area (Å²) in [6.07, 6.45) is 2.66. The van der Waals surface area contributed by atoms with Gasteiger partial charge in [0.25, 0.3) is 0 Å². The molecule has 0 spiro atoms. The molecule has 0 aliphatic rings. The summed E-state index contributed by atoms with van der Waals surface area (Å²) < 4.78 is 11.4. The zero-order chi connectivity index (χ0) is 12.0. The Bertz CT molecular complexity index is 304. The maximum atomic E-state index is 5.78. The molecule has 0 aliphatic carbocycles. The van der Waals surface area contributed by atoms with E-state index in [9.17, 15) is 0 Å². The van der Waals surface area contributed by atoms with Crippen molar-refractivity contribution in [2.45, 2.75) is 12.5 Å². The molecule has 5 heteroatoms. The number of nitrogens with zero attached hydrogens (tertiary/aromatic N) is 1. The predicted octanol–water partition coefficient (Wildman–Crippen LogP) is 2.01. The van der Waals surface area contributed by atoms with Crippen LogP contribution in [0.5, 0.6) is 0 Å². The van der Waals surface area contributed by atoms with Gasteiger partial charge in [-0.05, 0) is 35.5 Å². The van der Waals surface area contributed by atoms with Gasteiger partial charge in [-0.15, -0.1) is 0 Å². The lowest BCUT2D eigenvalue weighted by Gasteiger charge is -2.25. The van der Waals surface area contributed by atoms with Crippen molar-refractivity contribution in [3.8, 4) is 0 Å². The largest absolute Gasteiger partial charge is 0.466 e. The number of rotatable bonds is 7. The van der Waals surface area contributed by atoms with E-state index in [2.05, 4.69) is 20.8 Å². The molecule has 1 atom stereocenters. The van der Waals surface area contributed by atoms with Gasteiger partial charge >= 0.3 is 0 Å². The standard InChI is InChI=1S/C11H19BrN2O2/c1-14(5-3-6-15-2)10(8-13)11-9(12)4-7-16-11/h4,7,10H,3,5-6,8,13H2,1-2H3. The van der Waals surface area contributed by atoms with Gasteiger partial charge in [0.2, 0.25) is 0 Å². The van der Waals surface area contributed by atoms with E-state index in [-0.39, 0.29) is 6.04 Å². The Morgan fingerprint density at radius 1 is 1.62 bits per heavy atom. The number of methoxy groups -OCH3 is 1. The third kappa shape index (κ3) is 3.59. The molecule has 4 nitrogen and oxygen atoms in total. The van der Waals surface area contributed by atoms with Crippen molar-refractivity contribution in [3.05, 3.63) is 22.6 Å². The Morgan fingerprint density at radius 3 is 2.88 bits per heavy atom. The van der Waals surface area contributed by atoms with Crippen LogP contribution < -0.4 is 5.73 Å². The van der Waals surface area contributed by atoms with Crippen LogP contribution in [0.25, 0.3) is 0 Å². The van der Waals surface area contributed by atoms with Crippen molar-refractivity contribution < 1.29 is 9.15 Å². The van der Waals surface area contributed by atoms with E-state index in [4.69, 9.17) is 14.9 Å². The fraction of sp³-hybridized carbons (Fsp3) is 0.636. The maximum absolute atomic E-state index is 5.78. The summed E-state index contributed by atoms with van der Waals surface area (Å²) >= 11 is 3.46. The number of hydrogen-bond acceptors (Lipinski definition) is 4.